The smallest absolute Gasteiger partial charge is 0.390 e. The van der Waals surface area contributed by atoms with Crippen molar-refractivity contribution in [3.05, 3.63) is 23.1 Å². The van der Waals surface area contributed by atoms with Gasteiger partial charge in [0, 0.05) is 11.6 Å². The molecule has 0 radical (unpaired) electrons. The zero-order valence-corrected chi connectivity index (χ0v) is 8.44. The fraction of sp³-hybridized carbons (Fsp3) is 0.375. The SMILES string of the molecule is OCc1nc(OC(F)(F)F)cc(CCl)c1F. The average molecular weight is 260 g/mol. The summed E-state index contributed by atoms with van der Waals surface area (Å²) in [6, 6.07) is 0.731. The number of pyridine rings is 1. The Morgan fingerprint density at radius 2 is 2.06 bits per heavy atom. The van der Waals surface area contributed by atoms with E-state index in [0.29, 0.717) is 0 Å². The Hall–Kier alpha value is -1.08. The Morgan fingerprint density at radius 1 is 1.44 bits per heavy atom. The topological polar surface area (TPSA) is 42.4 Å². The van der Waals surface area contributed by atoms with E-state index in [1.54, 1.807) is 0 Å². The molecular weight excluding hydrogens is 254 g/mol. The highest BCUT2D eigenvalue weighted by molar-refractivity contribution is 6.17. The van der Waals surface area contributed by atoms with Crippen molar-refractivity contribution in [2.24, 2.45) is 0 Å². The minimum atomic E-state index is -4.93. The van der Waals surface area contributed by atoms with E-state index in [1.807, 2.05) is 0 Å². The average Bonchev–Trinajstić information content (AvgIpc) is 2.18. The Balaban J connectivity index is 3.12. The van der Waals surface area contributed by atoms with Crippen molar-refractivity contribution in [1.29, 1.82) is 0 Å². The highest BCUT2D eigenvalue weighted by Crippen LogP contribution is 2.25. The van der Waals surface area contributed by atoms with Crippen LogP contribution in [0.1, 0.15) is 11.3 Å². The maximum absolute atomic E-state index is 13.2. The fourth-order valence-corrected chi connectivity index (χ4v) is 1.18. The van der Waals surface area contributed by atoms with Crippen molar-refractivity contribution >= 4 is 11.6 Å². The largest absolute Gasteiger partial charge is 0.574 e. The first kappa shape index (κ1) is 13.0. The van der Waals surface area contributed by atoms with Gasteiger partial charge in [0.15, 0.2) is 5.82 Å². The van der Waals surface area contributed by atoms with Crippen LogP contribution in [0.3, 0.4) is 0 Å². The molecule has 16 heavy (non-hydrogen) atoms. The molecule has 3 nitrogen and oxygen atoms in total. The molecule has 8 heteroatoms. The molecule has 1 aromatic rings. The van der Waals surface area contributed by atoms with Crippen LogP contribution in [0.15, 0.2) is 6.07 Å². The van der Waals surface area contributed by atoms with E-state index >= 15 is 0 Å². The van der Waals surface area contributed by atoms with Crippen LogP contribution in [0, 0.1) is 5.82 Å². The van der Waals surface area contributed by atoms with Gasteiger partial charge in [-0.3, -0.25) is 0 Å². The third kappa shape index (κ3) is 3.21. The zero-order chi connectivity index (χ0) is 12.3. The van der Waals surface area contributed by atoms with Crippen LogP contribution in [0.2, 0.25) is 0 Å². The summed E-state index contributed by atoms with van der Waals surface area (Å²) in [6.07, 6.45) is -4.93. The van der Waals surface area contributed by atoms with Crippen molar-refractivity contribution in [2.45, 2.75) is 18.8 Å². The summed E-state index contributed by atoms with van der Waals surface area (Å²) in [5.41, 5.74) is -0.766. The molecule has 0 saturated heterocycles. The van der Waals surface area contributed by atoms with Crippen molar-refractivity contribution in [2.75, 3.05) is 0 Å². The van der Waals surface area contributed by atoms with Crippen LogP contribution in [0.5, 0.6) is 5.88 Å². The second-order valence-corrected chi connectivity index (χ2v) is 2.99. The lowest BCUT2D eigenvalue weighted by atomic mass is 10.2. The molecule has 0 aliphatic heterocycles. The number of aliphatic hydroxyl groups is 1. The molecule has 0 fully saturated rings. The van der Waals surface area contributed by atoms with E-state index in [2.05, 4.69) is 9.72 Å². The monoisotopic (exact) mass is 259 g/mol. The summed E-state index contributed by atoms with van der Waals surface area (Å²) in [6.45, 7) is -0.842. The van der Waals surface area contributed by atoms with E-state index < -0.39 is 30.4 Å². The second kappa shape index (κ2) is 4.84. The van der Waals surface area contributed by atoms with E-state index in [-0.39, 0.29) is 11.4 Å². The number of ether oxygens (including phenoxy) is 1. The first-order valence-corrected chi connectivity index (χ1v) is 4.51. The predicted octanol–water partition coefficient (Wildman–Crippen LogP) is 2.35. The number of nitrogens with zero attached hydrogens (tertiary/aromatic N) is 1. The molecule has 0 aliphatic carbocycles. The Morgan fingerprint density at radius 3 is 2.50 bits per heavy atom. The van der Waals surface area contributed by atoms with Gasteiger partial charge >= 0.3 is 6.36 Å². The van der Waals surface area contributed by atoms with Crippen molar-refractivity contribution in [3.8, 4) is 5.88 Å². The molecule has 0 unspecified atom stereocenters. The third-order valence-corrected chi connectivity index (χ3v) is 1.88. The van der Waals surface area contributed by atoms with Gasteiger partial charge in [-0.15, -0.1) is 24.8 Å². The number of halogens is 5. The van der Waals surface area contributed by atoms with E-state index in [0.717, 1.165) is 6.07 Å². The van der Waals surface area contributed by atoms with Gasteiger partial charge in [0.05, 0.1) is 12.5 Å². The van der Waals surface area contributed by atoms with Gasteiger partial charge in [-0.2, -0.15) is 0 Å². The lowest BCUT2D eigenvalue weighted by Crippen LogP contribution is -2.19. The van der Waals surface area contributed by atoms with Crippen LogP contribution in [0.4, 0.5) is 17.6 Å². The van der Waals surface area contributed by atoms with Gasteiger partial charge in [0.25, 0.3) is 0 Å². The van der Waals surface area contributed by atoms with E-state index in [4.69, 9.17) is 16.7 Å². The lowest BCUT2D eigenvalue weighted by Gasteiger charge is -2.11. The van der Waals surface area contributed by atoms with Crippen LogP contribution in [0.25, 0.3) is 0 Å². The third-order valence-electron chi connectivity index (χ3n) is 1.59. The molecule has 1 heterocycles. The van der Waals surface area contributed by atoms with Crippen LogP contribution in [-0.2, 0) is 12.5 Å². The second-order valence-electron chi connectivity index (χ2n) is 2.72. The molecule has 90 valence electrons. The Bertz CT molecular complexity index is 358. The molecule has 0 bridgehead atoms. The quantitative estimate of drug-likeness (QED) is 0.669. The molecule has 0 aromatic carbocycles. The van der Waals surface area contributed by atoms with Gasteiger partial charge < -0.3 is 9.84 Å². The molecule has 0 spiro atoms. The number of rotatable bonds is 3. The first-order valence-electron chi connectivity index (χ1n) is 3.98. The number of alkyl halides is 4. The van der Waals surface area contributed by atoms with Gasteiger partial charge in [0.2, 0.25) is 5.88 Å². The summed E-state index contributed by atoms with van der Waals surface area (Å²) >= 11 is 5.32. The summed E-state index contributed by atoms with van der Waals surface area (Å²) in [7, 11) is 0. The maximum atomic E-state index is 13.2. The minimum Gasteiger partial charge on any atom is -0.390 e. The summed E-state index contributed by atoms with van der Waals surface area (Å²) in [4.78, 5) is 3.16. The number of hydrogen-bond donors (Lipinski definition) is 1. The standard InChI is InChI=1S/C8H6ClF4NO2/c9-2-4-1-6(16-8(11,12)13)14-5(3-15)7(4)10/h1,15H,2-3H2. The Kier molecular flexibility index (Phi) is 3.93. The molecule has 0 atom stereocenters. The van der Waals surface area contributed by atoms with E-state index in [9.17, 15) is 17.6 Å². The highest BCUT2D eigenvalue weighted by atomic mass is 35.5. The summed E-state index contributed by atoms with van der Waals surface area (Å²) in [5.74, 6) is -2.14. The molecule has 0 amide bonds. The van der Waals surface area contributed by atoms with Gasteiger partial charge in [-0.25, -0.2) is 9.37 Å². The molecule has 0 aliphatic rings. The van der Waals surface area contributed by atoms with Crippen molar-refractivity contribution < 1.29 is 27.4 Å². The lowest BCUT2D eigenvalue weighted by molar-refractivity contribution is -0.276. The minimum absolute atomic E-state index is 0.222. The molecular formula is C8H6ClF4NO2. The number of hydrogen-bond acceptors (Lipinski definition) is 3. The van der Waals surface area contributed by atoms with Gasteiger partial charge in [-0.05, 0) is 0 Å². The number of aliphatic hydroxyl groups excluding tert-OH is 1. The predicted molar refractivity (Wildman–Crippen MR) is 46.4 cm³/mol. The maximum Gasteiger partial charge on any atom is 0.574 e. The number of aromatic nitrogens is 1. The van der Waals surface area contributed by atoms with Crippen LogP contribution >= 0.6 is 11.6 Å². The van der Waals surface area contributed by atoms with Crippen LogP contribution in [-0.4, -0.2) is 16.5 Å². The molecule has 1 aromatic heterocycles. The summed E-state index contributed by atoms with van der Waals surface area (Å²) < 4.78 is 52.3. The molecule has 1 N–H and O–H groups in total. The van der Waals surface area contributed by atoms with Crippen molar-refractivity contribution in [1.82, 2.24) is 4.98 Å². The first-order chi connectivity index (χ1) is 7.37. The highest BCUT2D eigenvalue weighted by Gasteiger charge is 2.32. The van der Waals surface area contributed by atoms with Crippen LogP contribution < -0.4 is 4.74 Å². The fourth-order valence-electron chi connectivity index (χ4n) is 0.985. The molecule has 1 rings (SSSR count). The van der Waals surface area contributed by atoms with Gasteiger partial charge in [-0.1, -0.05) is 0 Å². The summed E-state index contributed by atoms with van der Waals surface area (Å²) in [5, 5.41) is 8.68. The normalized spacial score (nSPS) is 11.6. The molecule has 0 saturated carbocycles. The zero-order valence-electron chi connectivity index (χ0n) is 7.68. The van der Waals surface area contributed by atoms with E-state index in [1.165, 1.54) is 0 Å². The van der Waals surface area contributed by atoms with Crippen molar-refractivity contribution in [3.63, 3.8) is 0 Å². The van der Waals surface area contributed by atoms with Gasteiger partial charge in [0.1, 0.15) is 5.69 Å². The Labute approximate surface area is 92.6 Å².